The zero-order valence-corrected chi connectivity index (χ0v) is 16.5. The molecule has 0 amide bonds. The van der Waals surface area contributed by atoms with Crippen LogP contribution in [0.2, 0.25) is 0 Å². The van der Waals surface area contributed by atoms with Crippen molar-refractivity contribution in [2.75, 3.05) is 6.61 Å². The van der Waals surface area contributed by atoms with Crippen molar-refractivity contribution in [3.8, 4) is 0 Å². The van der Waals surface area contributed by atoms with E-state index >= 15 is 0 Å². The monoisotopic (exact) mass is 434 g/mol. The Bertz CT molecular complexity index is 581. The summed E-state index contributed by atoms with van der Waals surface area (Å²) in [5.41, 5.74) is 1.26. The van der Waals surface area contributed by atoms with E-state index < -0.39 is 0 Å². The van der Waals surface area contributed by atoms with Gasteiger partial charge in [-0.15, -0.1) is 11.3 Å². The molecule has 2 bridgehead atoms. The van der Waals surface area contributed by atoms with E-state index in [0.717, 1.165) is 25.5 Å². The van der Waals surface area contributed by atoms with Gasteiger partial charge in [0.05, 0.1) is 13.7 Å². The molecule has 0 radical (unpaired) electrons. The third-order valence-electron chi connectivity index (χ3n) is 6.09. The van der Waals surface area contributed by atoms with Crippen LogP contribution in [0.3, 0.4) is 0 Å². The van der Waals surface area contributed by atoms with Gasteiger partial charge in [-0.05, 0) is 73.9 Å². The summed E-state index contributed by atoms with van der Waals surface area (Å²) < 4.78 is 7.92. The molecule has 21 heavy (non-hydrogen) atoms. The molecule has 116 valence electrons. The molecule has 5 heteroatoms. The Hall–Kier alpha value is 0.290. The molecule has 0 aliphatic heterocycles. The second-order valence-electron chi connectivity index (χ2n) is 7.07. The summed E-state index contributed by atoms with van der Waals surface area (Å²) in [5, 5.41) is 0. The molecule has 2 fully saturated rings. The number of halogens is 2. The maximum Gasteiger partial charge on any atom is 0.190 e. The largest absolute Gasteiger partial charge is 0.369 e. The van der Waals surface area contributed by atoms with Gasteiger partial charge in [0, 0.05) is 5.56 Å². The summed E-state index contributed by atoms with van der Waals surface area (Å²) in [5.74, 6) is 0.803. The van der Waals surface area contributed by atoms with Gasteiger partial charge in [-0.25, -0.2) is 0 Å². The van der Waals surface area contributed by atoms with Gasteiger partial charge < -0.3 is 4.74 Å². The molecule has 1 aromatic heterocycles. The first-order chi connectivity index (χ1) is 9.75. The fourth-order valence-electron chi connectivity index (χ4n) is 4.17. The average Bonchev–Trinajstić information content (AvgIpc) is 2.92. The molecule has 2 saturated carbocycles. The van der Waals surface area contributed by atoms with E-state index in [1.165, 1.54) is 24.2 Å². The molecule has 1 heterocycles. The standard InChI is InChI=1S/C16H20Br2O2S/c1-15(2)9-4-5-16(15,3)12(6-9)20-8-11(19)10-7-13(17)21-14(10)18/h7,9,12H,4-6,8H2,1-3H3. The molecule has 0 aromatic carbocycles. The van der Waals surface area contributed by atoms with E-state index in [1.807, 2.05) is 6.07 Å². The fourth-order valence-corrected chi connectivity index (χ4v) is 7.02. The highest BCUT2D eigenvalue weighted by atomic mass is 79.9. The van der Waals surface area contributed by atoms with Crippen LogP contribution in [0, 0.1) is 16.7 Å². The number of ether oxygens (including phenoxy) is 1. The maximum atomic E-state index is 12.3. The Kier molecular flexibility index (Phi) is 4.18. The van der Waals surface area contributed by atoms with E-state index in [-0.39, 0.29) is 23.9 Å². The van der Waals surface area contributed by atoms with Crippen molar-refractivity contribution in [3.05, 3.63) is 19.2 Å². The second-order valence-corrected chi connectivity index (χ2v) is 10.8. The number of fused-ring (bicyclic) bond motifs is 2. The van der Waals surface area contributed by atoms with Gasteiger partial charge >= 0.3 is 0 Å². The first-order valence-electron chi connectivity index (χ1n) is 7.35. The molecule has 2 nitrogen and oxygen atoms in total. The normalized spacial score (nSPS) is 33.6. The highest BCUT2D eigenvalue weighted by Crippen LogP contribution is 2.66. The Morgan fingerprint density at radius 1 is 1.43 bits per heavy atom. The van der Waals surface area contributed by atoms with Gasteiger partial charge in [-0.2, -0.15) is 0 Å². The van der Waals surface area contributed by atoms with Gasteiger partial charge in [-0.1, -0.05) is 20.8 Å². The number of rotatable bonds is 4. The predicted molar refractivity (Wildman–Crippen MR) is 93.0 cm³/mol. The molecule has 3 unspecified atom stereocenters. The van der Waals surface area contributed by atoms with Crippen molar-refractivity contribution < 1.29 is 9.53 Å². The molecule has 0 N–H and O–H groups in total. The van der Waals surface area contributed by atoms with Crippen LogP contribution in [0.5, 0.6) is 0 Å². The van der Waals surface area contributed by atoms with Crippen molar-refractivity contribution in [1.29, 1.82) is 0 Å². The summed E-state index contributed by atoms with van der Waals surface area (Å²) in [6.45, 7) is 7.25. The average molecular weight is 436 g/mol. The molecule has 3 atom stereocenters. The van der Waals surface area contributed by atoms with Gasteiger partial charge in [0.15, 0.2) is 5.78 Å². The Morgan fingerprint density at radius 3 is 2.62 bits per heavy atom. The van der Waals surface area contributed by atoms with Crippen LogP contribution in [-0.2, 0) is 4.74 Å². The molecule has 1 aromatic rings. The smallest absolute Gasteiger partial charge is 0.190 e. The summed E-state index contributed by atoms with van der Waals surface area (Å²) in [6.07, 6.45) is 3.85. The minimum absolute atomic E-state index is 0.0630. The highest BCUT2D eigenvalue weighted by molar-refractivity contribution is 9.12. The van der Waals surface area contributed by atoms with Crippen LogP contribution in [-0.4, -0.2) is 18.5 Å². The van der Waals surface area contributed by atoms with Gasteiger partial charge in [-0.3, -0.25) is 4.79 Å². The van der Waals surface area contributed by atoms with E-state index in [0.29, 0.717) is 5.41 Å². The van der Waals surface area contributed by atoms with Crippen molar-refractivity contribution >= 4 is 49.0 Å². The molecule has 0 spiro atoms. The fraction of sp³-hybridized carbons (Fsp3) is 0.688. The number of ketones is 1. The summed E-state index contributed by atoms with van der Waals surface area (Å²) in [7, 11) is 0. The van der Waals surface area contributed by atoms with Crippen LogP contribution >= 0.6 is 43.2 Å². The zero-order valence-electron chi connectivity index (χ0n) is 12.5. The van der Waals surface area contributed by atoms with E-state index in [9.17, 15) is 4.79 Å². The molecule has 2 aliphatic carbocycles. The van der Waals surface area contributed by atoms with E-state index in [4.69, 9.17) is 4.74 Å². The van der Waals surface area contributed by atoms with E-state index in [2.05, 4.69) is 52.6 Å². The van der Waals surface area contributed by atoms with Crippen molar-refractivity contribution in [2.24, 2.45) is 16.7 Å². The van der Waals surface area contributed by atoms with Crippen LogP contribution < -0.4 is 0 Å². The lowest BCUT2D eigenvalue weighted by molar-refractivity contribution is -0.0390. The first-order valence-corrected chi connectivity index (χ1v) is 9.75. The summed E-state index contributed by atoms with van der Waals surface area (Å²) in [6, 6.07) is 1.87. The second kappa shape index (κ2) is 5.43. The summed E-state index contributed by atoms with van der Waals surface area (Å²) in [4.78, 5) is 12.3. The number of thiophene rings is 1. The van der Waals surface area contributed by atoms with Crippen molar-refractivity contribution in [1.82, 2.24) is 0 Å². The Morgan fingerprint density at radius 2 is 2.14 bits per heavy atom. The third kappa shape index (κ3) is 2.48. The lowest BCUT2D eigenvalue weighted by Crippen LogP contribution is -2.38. The molecule has 0 saturated heterocycles. The summed E-state index contributed by atoms with van der Waals surface area (Å²) >= 11 is 8.38. The molecule has 2 aliphatic rings. The van der Waals surface area contributed by atoms with Gasteiger partial charge in [0.1, 0.15) is 6.61 Å². The quantitative estimate of drug-likeness (QED) is 0.568. The molecular formula is C16H20Br2O2S. The number of hydrogen-bond donors (Lipinski definition) is 0. The number of carbonyl (C=O) groups excluding carboxylic acids is 1. The lowest BCUT2D eigenvalue weighted by atomic mass is 9.70. The first kappa shape index (κ1) is 16.2. The minimum atomic E-state index is 0.0630. The van der Waals surface area contributed by atoms with Crippen LogP contribution in [0.25, 0.3) is 0 Å². The van der Waals surface area contributed by atoms with Crippen molar-refractivity contribution in [3.63, 3.8) is 0 Å². The maximum absolute atomic E-state index is 12.3. The number of carbonyl (C=O) groups is 1. The molecule has 3 rings (SSSR count). The van der Waals surface area contributed by atoms with E-state index in [1.54, 1.807) is 0 Å². The van der Waals surface area contributed by atoms with Crippen molar-refractivity contribution in [2.45, 2.75) is 46.1 Å². The van der Waals surface area contributed by atoms with Crippen LogP contribution in [0.15, 0.2) is 13.6 Å². The lowest BCUT2D eigenvalue weighted by Gasteiger charge is -2.38. The van der Waals surface area contributed by atoms with Gasteiger partial charge in [0.2, 0.25) is 0 Å². The predicted octanol–water partition coefficient (Wildman–Crippen LogP) is 5.69. The Labute approximate surface area is 146 Å². The van der Waals surface area contributed by atoms with Gasteiger partial charge in [0.25, 0.3) is 0 Å². The SMILES string of the molecule is CC1(C)C2CCC1(C)C(OCC(=O)c1cc(Br)sc1Br)C2. The number of hydrogen-bond acceptors (Lipinski definition) is 3. The minimum Gasteiger partial charge on any atom is -0.369 e. The van der Waals surface area contributed by atoms with Crippen LogP contribution in [0.1, 0.15) is 50.4 Å². The number of Topliss-reactive ketones (excluding diaryl/α,β-unsaturated/α-hetero) is 1. The highest BCUT2D eigenvalue weighted by Gasteiger charge is 2.61. The van der Waals surface area contributed by atoms with Crippen LogP contribution in [0.4, 0.5) is 0 Å². The third-order valence-corrected chi connectivity index (χ3v) is 8.43. The zero-order chi connectivity index (χ0) is 15.4. The Balaban J connectivity index is 1.67. The topological polar surface area (TPSA) is 26.3 Å². The molecular weight excluding hydrogens is 416 g/mol.